The Morgan fingerprint density at radius 2 is 1.93 bits per heavy atom. The lowest BCUT2D eigenvalue weighted by atomic mass is 9.86. The number of aromatic nitrogens is 4. The summed E-state index contributed by atoms with van der Waals surface area (Å²) in [5.41, 5.74) is 1.83. The number of halogens is 1. The highest BCUT2D eigenvalue weighted by molar-refractivity contribution is 5.64. The van der Waals surface area contributed by atoms with Gasteiger partial charge >= 0.3 is 0 Å². The SMILES string of the molecule is CN(C)[C@H]1CC[C@@H](COc2cncnc2-c2cnn(-c3ccccc3F)c2)CC1. The van der Waals surface area contributed by atoms with Crippen molar-refractivity contribution in [2.45, 2.75) is 31.7 Å². The van der Waals surface area contributed by atoms with Gasteiger partial charge in [-0.25, -0.2) is 19.0 Å². The molecule has 0 bridgehead atoms. The number of hydrogen-bond donors (Lipinski definition) is 0. The summed E-state index contributed by atoms with van der Waals surface area (Å²) in [5.74, 6) is 0.852. The molecule has 0 spiro atoms. The van der Waals surface area contributed by atoms with Crippen LogP contribution in [0.1, 0.15) is 25.7 Å². The van der Waals surface area contributed by atoms with Crippen LogP contribution in [0.2, 0.25) is 0 Å². The molecule has 0 amide bonds. The van der Waals surface area contributed by atoms with Crippen molar-refractivity contribution in [2.24, 2.45) is 5.92 Å². The quantitative estimate of drug-likeness (QED) is 0.632. The van der Waals surface area contributed by atoms with Crippen LogP contribution >= 0.6 is 0 Å². The van der Waals surface area contributed by atoms with Crippen molar-refractivity contribution < 1.29 is 9.13 Å². The van der Waals surface area contributed by atoms with Gasteiger partial charge in [0.25, 0.3) is 0 Å². The van der Waals surface area contributed by atoms with E-state index in [1.54, 1.807) is 36.8 Å². The van der Waals surface area contributed by atoms with Gasteiger partial charge in [-0.1, -0.05) is 12.1 Å². The van der Waals surface area contributed by atoms with Crippen LogP contribution in [0.15, 0.2) is 49.2 Å². The van der Waals surface area contributed by atoms with Gasteiger partial charge in [0.1, 0.15) is 23.5 Å². The lowest BCUT2D eigenvalue weighted by molar-refractivity contribution is 0.151. The average Bonchev–Trinajstić information content (AvgIpc) is 3.23. The predicted molar refractivity (Wildman–Crippen MR) is 109 cm³/mol. The zero-order valence-corrected chi connectivity index (χ0v) is 16.8. The molecule has 29 heavy (non-hydrogen) atoms. The van der Waals surface area contributed by atoms with Crippen molar-refractivity contribution in [2.75, 3.05) is 20.7 Å². The molecule has 0 radical (unpaired) electrons. The lowest BCUT2D eigenvalue weighted by Gasteiger charge is -2.32. The Kier molecular flexibility index (Phi) is 5.85. The highest BCUT2D eigenvalue weighted by Gasteiger charge is 2.23. The molecule has 1 aliphatic carbocycles. The first-order valence-electron chi connectivity index (χ1n) is 10.0. The van der Waals surface area contributed by atoms with E-state index < -0.39 is 0 Å². The maximum atomic E-state index is 14.1. The van der Waals surface area contributed by atoms with E-state index in [1.807, 2.05) is 0 Å². The third kappa shape index (κ3) is 4.45. The maximum absolute atomic E-state index is 14.1. The number of hydrogen-bond acceptors (Lipinski definition) is 5. The van der Waals surface area contributed by atoms with E-state index in [9.17, 15) is 4.39 Å². The van der Waals surface area contributed by atoms with Crippen molar-refractivity contribution in [1.82, 2.24) is 24.6 Å². The minimum Gasteiger partial charge on any atom is -0.489 e. The van der Waals surface area contributed by atoms with Crippen LogP contribution < -0.4 is 4.74 Å². The summed E-state index contributed by atoms with van der Waals surface area (Å²) in [7, 11) is 4.30. The van der Waals surface area contributed by atoms with Gasteiger partial charge in [0, 0.05) is 17.8 Å². The number of rotatable bonds is 6. The highest BCUT2D eigenvalue weighted by atomic mass is 19.1. The largest absolute Gasteiger partial charge is 0.489 e. The third-order valence-electron chi connectivity index (χ3n) is 5.66. The second-order valence-electron chi connectivity index (χ2n) is 7.81. The molecule has 4 rings (SSSR count). The predicted octanol–water partition coefficient (Wildman–Crippen LogP) is 3.97. The van der Waals surface area contributed by atoms with Crippen molar-refractivity contribution in [3.63, 3.8) is 0 Å². The molecule has 1 saturated carbocycles. The van der Waals surface area contributed by atoms with Crippen LogP contribution in [-0.4, -0.2) is 51.4 Å². The summed E-state index contributed by atoms with van der Waals surface area (Å²) in [6.07, 6.45) is 11.3. The maximum Gasteiger partial charge on any atom is 0.163 e. The molecule has 0 atom stereocenters. The Balaban J connectivity index is 1.46. The van der Waals surface area contributed by atoms with Crippen LogP contribution in [0.4, 0.5) is 4.39 Å². The molecule has 1 fully saturated rings. The smallest absolute Gasteiger partial charge is 0.163 e. The van der Waals surface area contributed by atoms with E-state index in [4.69, 9.17) is 4.74 Å². The monoisotopic (exact) mass is 395 g/mol. The second kappa shape index (κ2) is 8.69. The Labute approximate surface area is 170 Å². The molecule has 0 aliphatic heterocycles. The van der Waals surface area contributed by atoms with Gasteiger partial charge in [-0.2, -0.15) is 5.10 Å². The summed E-state index contributed by atoms with van der Waals surface area (Å²) in [6, 6.07) is 7.22. The van der Waals surface area contributed by atoms with Crippen molar-refractivity contribution in [1.29, 1.82) is 0 Å². The molecule has 0 saturated heterocycles. The highest BCUT2D eigenvalue weighted by Crippen LogP contribution is 2.30. The van der Waals surface area contributed by atoms with Gasteiger partial charge in [-0.05, 0) is 57.8 Å². The van der Waals surface area contributed by atoms with Crippen molar-refractivity contribution >= 4 is 0 Å². The van der Waals surface area contributed by atoms with Gasteiger partial charge in [0.2, 0.25) is 0 Å². The van der Waals surface area contributed by atoms with E-state index in [-0.39, 0.29) is 5.82 Å². The molecule has 2 aromatic heterocycles. The summed E-state index contributed by atoms with van der Waals surface area (Å²) in [5, 5.41) is 4.30. The zero-order valence-electron chi connectivity index (χ0n) is 16.8. The topological polar surface area (TPSA) is 56.1 Å². The summed E-state index contributed by atoms with van der Waals surface area (Å²) in [4.78, 5) is 10.8. The number of benzene rings is 1. The fraction of sp³-hybridized carbons (Fsp3) is 0.409. The van der Waals surface area contributed by atoms with Crippen molar-refractivity contribution in [3.05, 3.63) is 55.0 Å². The number of ether oxygens (including phenoxy) is 1. The fourth-order valence-corrected chi connectivity index (χ4v) is 3.89. The standard InChI is InChI=1S/C22H26FN5O/c1-27(2)18-9-7-16(8-10-18)14-29-21-12-24-15-25-22(21)17-11-26-28(13-17)20-6-4-3-5-19(20)23/h3-6,11-13,15-16,18H,7-10,14H2,1-2H3/t16-,18+. The number of para-hydroxylation sites is 1. The van der Waals surface area contributed by atoms with Crippen LogP contribution in [0.5, 0.6) is 5.75 Å². The first kappa shape index (κ1) is 19.5. The number of nitrogens with zero attached hydrogens (tertiary/aromatic N) is 5. The van der Waals surface area contributed by atoms with Gasteiger partial charge in [0.15, 0.2) is 5.75 Å². The van der Waals surface area contributed by atoms with Crippen LogP contribution in [-0.2, 0) is 0 Å². The zero-order chi connectivity index (χ0) is 20.2. The molecule has 0 unspecified atom stereocenters. The second-order valence-corrected chi connectivity index (χ2v) is 7.81. The molecular weight excluding hydrogens is 369 g/mol. The Morgan fingerprint density at radius 1 is 1.14 bits per heavy atom. The third-order valence-corrected chi connectivity index (χ3v) is 5.66. The van der Waals surface area contributed by atoms with E-state index in [0.29, 0.717) is 35.7 Å². The molecule has 2 heterocycles. The van der Waals surface area contributed by atoms with Crippen LogP contribution in [0.25, 0.3) is 16.9 Å². The summed E-state index contributed by atoms with van der Waals surface area (Å²) >= 11 is 0. The van der Waals surface area contributed by atoms with Gasteiger partial charge in [-0.3, -0.25) is 0 Å². The average molecular weight is 395 g/mol. The Morgan fingerprint density at radius 3 is 2.69 bits per heavy atom. The normalized spacial score (nSPS) is 19.4. The van der Waals surface area contributed by atoms with E-state index >= 15 is 0 Å². The van der Waals surface area contributed by atoms with E-state index in [2.05, 4.69) is 34.1 Å². The minimum atomic E-state index is -0.324. The molecule has 6 nitrogen and oxygen atoms in total. The first-order chi connectivity index (χ1) is 14.1. The van der Waals surface area contributed by atoms with E-state index in [0.717, 1.165) is 18.4 Å². The molecule has 1 aromatic carbocycles. The molecule has 3 aromatic rings. The molecule has 1 aliphatic rings. The summed E-state index contributed by atoms with van der Waals surface area (Å²) in [6.45, 7) is 0.655. The van der Waals surface area contributed by atoms with Crippen LogP contribution in [0.3, 0.4) is 0 Å². The fourth-order valence-electron chi connectivity index (χ4n) is 3.89. The Hall–Kier alpha value is -2.80. The molecular formula is C22H26FN5O. The molecule has 152 valence electrons. The Bertz CT molecular complexity index is 950. The lowest BCUT2D eigenvalue weighted by Crippen LogP contribution is -2.33. The summed E-state index contributed by atoms with van der Waals surface area (Å²) < 4.78 is 21.7. The van der Waals surface area contributed by atoms with E-state index in [1.165, 1.54) is 29.9 Å². The van der Waals surface area contributed by atoms with Gasteiger partial charge in [-0.15, -0.1) is 0 Å². The molecule has 7 heteroatoms. The first-order valence-corrected chi connectivity index (χ1v) is 10.0. The van der Waals surface area contributed by atoms with Crippen molar-refractivity contribution in [3.8, 4) is 22.7 Å². The van der Waals surface area contributed by atoms with Crippen LogP contribution in [0, 0.1) is 11.7 Å². The molecule has 0 N–H and O–H groups in total. The van der Waals surface area contributed by atoms with Gasteiger partial charge < -0.3 is 9.64 Å². The minimum absolute atomic E-state index is 0.324. The van der Waals surface area contributed by atoms with Gasteiger partial charge in [0.05, 0.1) is 19.0 Å².